The number of amides is 1. The maximum absolute atomic E-state index is 12.0. The van der Waals surface area contributed by atoms with Gasteiger partial charge in [-0.25, -0.2) is 0 Å². The van der Waals surface area contributed by atoms with Crippen LogP contribution in [0, 0.1) is 5.41 Å². The summed E-state index contributed by atoms with van der Waals surface area (Å²) in [7, 11) is 0. The predicted molar refractivity (Wildman–Crippen MR) is 55.7 cm³/mol. The molecule has 0 unspecified atom stereocenters. The summed E-state index contributed by atoms with van der Waals surface area (Å²) in [5.74, 6) is -0.286. The third-order valence-electron chi connectivity index (χ3n) is 3.36. The van der Waals surface area contributed by atoms with Crippen LogP contribution in [0.4, 0.5) is 0 Å². The minimum atomic E-state index is -0.651. The van der Waals surface area contributed by atoms with E-state index >= 15 is 0 Å². The molecule has 1 N–H and O–H groups in total. The second-order valence-electron chi connectivity index (χ2n) is 4.32. The summed E-state index contributed by atoms with van der Waals surface area (Å²) in [6, 6.07) is 0. The van der Waals surface area contributed by atoms with Crippen LogP contribution < -0.4 is 5.32 Å². The lowest BCUT2D eigenvalue weighted by atomic mass is 9.73. The van der Waals surface area contributed by atoms with E-state index in [1.54, 1.807) is 6.92 Å². The van der Waals surface area contributed by atoms with Gasteiger partial charge in [-0.1, -0.05) is 0 Å². The number of carbonyl (C=O) groups excluding carboxylic acids is 2. The Balaban J connectivity index is 2.19. The molecule has 2 aliphatic rings. The van der Waals surface area contributed by atoms with Crippen LogP contribution in [0.1, 0.15) is 26.2 Å². The van der Waals surface area contributed by atoms with E-state index < -0.39 is 5.41 Å². The first-order valence-electron chi connectivity index (χ1n) is 5.74. The van der Waals surface area contributed by atoms with Gasteiger partial charge in [-0.3, -0.25) is 9.59 Å². The van der Waals surface area contributed by atoms with Crippen LogP contribution in [0.3, 0.4) is 0 Å². The van der Waals surface area contributed by atoms with Gasteiger partial charge in [0.2, 0.25) is 5.91 Å². The van der Waals surface area contributed by atoms with Crippen LogP contribution in [-0.4, -0.2) is 37.7 Å². The van der Waals surface area contributed by atoms with Gasteiger partial charge >= 0.3 is 5.97 Å². The first-order valence-corrected chi connectivity index (χ1v) is 5.74. The molecule has 1 amide bonds. The molecular weight excluding hydrogens is 210 g/mol. The van der Waals surface area contributed by atoms with Crippen molar-refractivity contribution in [2.45, 2.75) is 32.3 Å². The largest absolute Gasteiger partial charge is 0.465 e. The Morgan fingerprint density at radius 3 is 3.25 bits per heavy atom. The molecule has 0 bridgehead atoms. The molecule has 0 aliphatic carbocycles. The molecule has 2 atom stereocenters. The van der Waals surface area contributed by atoms with Crippen molar-refractivity contribution in [3.8, 4) is 0 Å². The van der Waals surface area contributed by atoms with Gasteiger partial charge in [0.05, 0.1) is 19.1 Å². The number of piperidine rings is 1. The molecule has 0 spiro atoms. The van der Waals surface area contributed by atoms with Gasteiger partial charge in [0, 0.05) is 13.2 Å². The first kappa shape index (κ1) is 11.4. The second-order valence-corrected chi connectivity index (χ2v) is 4.32. The fraction of sp³-hybridized carbons (Fsp3) is 0.818. The molecule has 0 aromatic rings. The maximum Gasteiger partial charge on any atom is 0.316 e. The third kappa shape index (κ3) is 1.80. The molecule has 16 heavy (non-hydrogen) atoms. The molecule has 2 aliphatic heterocycles. The van der Waals surface area contributed by atoms with Gasteiger partial charge in [0.15, 0.2) is 0 Å². The zero-order valence-electron chi connectivity index (χ0n) is 9.45. The third-order valence-corrected chi connectivity index (χ3v) is 3.36. The summed E-state index contributed by atoms with van der Waals surface area (Å²) >= 11 is 0. The smallest absolute Gasteiger partial charge is 0.316 e. The van der Waals surface area contributed by atoms with Crippen molar-refractivity contribution in [1.29, 1.82) is 0 Å². The van der Waals surface area contributed by atoms with Crippen LogP contribution in [0.2, 0.25) is 0 Å². The Morgan fingerprint density at radius 1 is 1.69 bits per heavy atom. The highest BCUT2D eigenvalue weighted by molar-refractivity contribution is 5.85. The monoisotopic (exact) mass is 227 g/mol. The molecule has 2 rings (SSSR count). The first-order chi connectivity index (χ1) is 7.69. The maximum atomic E-state index is 12.0. The predicted octanol–water partition coefficient (Wildman–Crippen LogP) is 0.235. The molecule has 0 saturated carbocycles. The molecular formula is C11H17NO4. The minimum Gasteiger partial charge on any atom is -0.465 e. The Morgan fingerprint density at radius 2 is 2.50 bits per heavy atom. The average Bonchev–Trinajstić information content (AvgIpc) is 2.29. The van der Waals surface area contributed by atoms with E-state index in [2.05, 4.69) is 5.32 Å². The number of hydrogen-bond donors (Lipinski definition) is 1. The molecule has 2 fully saturated rings. The van der Waals surface area contributed by atoms with Gasteiger partial charge in [-0.15, -0.1) is 0 Å². The lowest BCUT2D eigenvalue weighted by Gasteiger charge is -2.44. The highest BCUT2D eigenvalue weighted by Crippen LogP contribution is 2.39. The molecule has 0 aromatic carbocycles. The van der Waals surface area contributed by atoms with Crippen molar-refractivity contribution >= 4 is 11.9 Å². The van der Waals surface area contributed by atoms with Crippen molar-refractivity contribution < 1.29 is 19.1 Å². The number of ether oxygens (including phenoxy) is 2. The van der Waals surface area contributed by atoms with E-state index in [9.17, 15) is 9.59 Å². The standard InChI is InChI=1S/C11H17NO4/c1-2-15-10(14)11-4-3-5-16-8(11)6-9(13)12-7-11/h8H,2-7H2,1H3,(H,12,13)/t8-,11-/m1/s1. The van der Waals surface area contributed by atoms with Crippen LogP contribution in [0.25, 0.3) is 0 Å². The van der Waals surface area contributed by atoms with E-state index in [0.29, 0.717) is 19.8 Å². The van der Waals surface area contributed by atoms with Crippen molar-refractivity contribution in [2.75, 3.05) is 19.8 Å². The summed E-state index contributed by atoms with van der Waals surface area (Å²) in [5, 5.41) is 2.74. The number of esters is 1. The summed E-state index contributed by atoms with van der Waals surface area (Å²) in [6.45, 7) is 3.12. The van der Waals surface area contributed by atoms with Gasteiger partial charge in [0.1, 0.15) is 5.41 Å². The fourth-order valence-corrected chi connectivity index (χ4v) is 2.47. The Hall–Kier alpha value is -1.10. The van der Waals surface area contributed by atoms with Crippen molar-refractivity contribution in [3.05, 3.63) is 0 Å². The summed E-state index contributed by atoms with van der Waals surface area (Å²) in [5.41, 5.74) is -0.651. The minimum absolute atomic E-state index is 0.0492. The van der Waals surface area contributed by atoms with Gasteiger partial charge in [0.25, 0.3) is 0 Å². The van der Waals surface area contributed by atoms with Gasteiger partial charge in [-0.2, -0.15) is 0 Å². The Kier molecular flexibility index (Phi) is 3.14. The van der Waals surface area contributed by atoms with Crippen molar-refractivity contribution in [3.63, 3.8) is 0 Å². The van der Waals surface area contributed by atoms with Crippen LogP contribution in [-0.2, 0) is 19.1 Å². The quantitative estimate of drug-likeness (QED) is 0.686. The van der Waals surface area contributed by atoms with E-state index in [4.69, 9.17) is 9.47 Å². The zero-order valence-corrected chi connectivity index (χ0v) is 9.45. The number of nitrogens with one attached hydrogen (secondary N) is 1. The van der Waals surface area contributed by atoms with E-state index in [0.717, 1.165) is 12.8 Å². The average molecular weight is 227 g/mol. The summed E-state index contributed by atoms with van der Waals surface area (Å²) in [6.07, 6.45) is 1.52. The van der Waals surface area contributed by atoms with Crippen LogP contribution in [0.15, 0.2) is 0 Å². The lowest BCUT2D eigenvalue weighted by molar-refractivity contribution is -0.179. The molecule has 5 nitrogen and oxygen atoms in total. The molecule has 2 saturated heterocycles. The number of fused-ring (bicyclic) bond motifs is 1. The Bertz CT molecular complexity index is 304. The van der Waals surface area contributed by atoms with E-state index in [-0.39, 0.29) is 24.4 Å². The van der Waals surface area contributed by atoms with Gasteiger partial charge < -0.3 is 14.8 Å². The second kappa shape index (κ2) is 4.41. The van der Waals surface area contributed by atoms with Gasteiger partial charge in [-0.05, 0) is 19.8 Å². The van der Waals surface area contributed by atoms with Crippen molar-refractivity contribution in [2.24, 2.45) is 5.41 Å². The lowest BCUT2D eigenvalue weighted by Crippen LogP contribution is -2.59. The molecule has 5 heteroatoms. The number of carbonyl (C=O) groups is 2. The number of rotatable bonds is 2. The fourth-order valence-electron chi connectivity index (χ4n) is 2.47. The number of hydrogen-bond acceptors (Lipinski definition) is 4. The molecule has 90 valence electrons. The topological polar surface area (TPSA) is 64.6 Å². The SMILES string of the molecule is CCOC(=O)[C@@]12CCCO[C@@H]1CC(=O)NC2. The normalized spacial score (nSPS) is 33.8. The van der Waals surface area contributed by atoms with Crippen LogP contribution in [0.5, 0.6) is 0 Å². The molecule has 0 aromatic heterocycles. The summed E-state index contributed by atoms with van der Waals surface area (Å²) < 4.78 is 10.7. The molecule has 2 heterocycles. The summed E-state index contributed by atoms with van der Waals surface area (Å²) in [4.78, 5) is 23.3. The Labute approximate surface area is 94.5 Å². The highest BCUT2D eigenvalue weighted by atomic mass is 16.5. The van der Waals surface area contributed by atoms with E-state index in [1.165, 1.54) is 0 Å². The highest BCUT2D eigenvalue weighted by Gasteiger charge is 2.52. The molecule has 0 radical (unpaired) electrons. The van der Waals surface area contributed by atoms with E-state index in [1.807, 2.05) is 0 Å². The van der Waals surface area contributed by atoms with Crippen molar-refractivity contribution in [1.82, 2.24) is 5.32 Å². The van der Waals surface area contributed by atoms with Crippen LogP contribution >= 0.6 is 0 Å². The zero-order chi connectivity index (χ0) is 11.6.